The lowest BCUT2D eigenvalue weighted by Gasteiger charge is -2.24. The molecule has 0 bridgehead atoms. The van der Waals surface area contributed by atoms with Crippen LogP contribution in [-0.2, 0) is 14.2 Å². The van der Waals surface area contributed by atoms with Crippen LogP contribution in [0.15, 0.2) is 4.99 Å². The number of hydrogen-bond donors (Lipinski definition) is 0. The van der Waals surface area contributed by atoms with Crippen molar-refractivity contribution in [1.82, 2.24) is 0 Å². The monoisotopic (exact) mass is 443 g/mol. The maximum absolute atomic E-state index is 5.79. The van der Waals surface area contributed by atoms with Crippen molar-refractivity contribution in [1.29, 1.82) is 0 Å². The highest BCUT2D eigenvalue weighted by molar-refractivity contribution is 14.1. The van der Waals surface area contributed by atoms with Crippen LogP contribution in [0.25, 0.3) is 0 Å². The summed E-state index contributed by atoms with van der Waals surface area (Å²) in [4.78, 5) is 4.39. The van der Waals surface area contributed by atoms with Gasteiger partial charge in [0.2, 0.25) is 5.90 Å². The molecule has 1 rings (SSSR count). The summed E-state index contributed by atoms with van der Waals surface area (Å²) < 4.78 is 14.3. The van der Waals surface area contributed by atoms with Crippen molar-refractivity contribution in [3.63, 3.8) is 0 Å². The third kappa shape index (κ3) is 5.36. The first-order chi connectivity index (χ1) is 8.77. The molecule has 1 heterocycles. The van der Waals surface area contributed by atoms with E-state index in [9.17, 15) is 0 Å². The molecule has 0 aliphatic carbocycles. The molecule has 0 radical (unpaired) electrons. The molecule has 19 heavy (non-hydrogen) atoms. The van der Waals surface area contributed by atoms with Gasteiger partial charge in [0.25, 0.3) is 3.79 Å². The van der Waals surface area contributed by atoms with Gasteiger partial charge in [0.15, 0.2) is 0 Å². The smallest absolute Gasteiger partial charge is 0.266 e. The first-order valence-corrected chi connectivity index (χ1v) is 8.17. The van der Waals surface area contributed by atoms with Crippen LogP contribution in [-0.4, -0.2) is 46.3 Å². The van der Waals surface area contributed by atoms with E-state index in [0.717, 1.165) is 0 Å². The number of alkyl halides is 4. The fourth-order valence-corrected chi connectivity index (χ4v) is 2.97. The van der Waals surface area contributed by atoms with Crippen LogP contribution in [0.1, 0.15) is 13.8 Å². The Morgan fingerprint density at radius 2 is 2.11 bits per heavy atom. The molecular weight excluding hydrogens is 427 g/mol. The van der Waals surface area contributed by atoms with Gasteiger partial charge >= 0.3 is 0 Å². The summed E-state index contributed by atoms with van der Waals surface area (Å²) in [6.45, 7) is 4.88. The van der Waals surface area contributed by atoms with Crippen molar-refractivity contribution in [3.8, 4) is 0 Å². The zero-order valence-electron chi connectivity index (χ0n) is 10.9. The molecule has 0 spiro atoms. The van der Waals surface area contributed by atoms with Gasteiger partial charge < -0.3 is 14.2 Å². The normalized spacial score (nSPS) is 26.8. The summed E-state index contributed by atoms with van der Waals surface area (Å²) >= 11 is 19.7. The highest BCUT2D eigenvalue weighted by Gasteiger charge is 2.42. The second-order valence-corrected chi connectivity index (χ2v) is 8.16. The highest BCUT2D eigenvalue weighted by Crippen LogP contribution is 2.36. The van der Waals surface area contributed by atoms with E-state index in [1.165, 1.54) is 0 Å². The molecule has 0 amide bonds. The number of aliphatic imine (C=N–C) groups is 1. The Morgan fingerprint density at radius 3 is 2.58 bits per heavy atom. The Balaban J connectivity index is 2.61. The molecule has 1 aliphatic heterocycles. The molecule has 0 unspecified atom stereocenters. The molecule has 0 saturated carbocycles. The summed E-state index contributed by atoms with van der Waals surface area (Å²) in [5, 5.41) is 0. The number of nitrogens with zero attached hydrogens (tertiary/aromatic N) is 1. The van der Waals surface area contributed by atoms with Crippen LogP contribution in [0, 0.1) is 5.92 Å². The van der Waals surface area contributed by atoms with Crippen LogP contribution < -0.4 is 0 Å². The van der Waals surface area contributed by atoms with Crippen molar-refractivity contribution >= 4 is 63.3 Å². The molecule has 0 fully saturated rings. The van der Waals surface area contributed by atoms with Gasteiger partial charge in [0.1, 0.15) is 18.9 Å². The molecular formula is C11H17Cl3INO3. The van der Waals surface area contributed by atoms with E-state index in [0.29, 0.717) is 6.61 Å². The van der Waals surface area contributed by atoms with Crippen LogP contribution in [0.5, 0.6) is 0 Å². The van der Waals surface area contributed by atoms with Gasteiger partial charge in [0, 0.05) is 11.0 Å². The minimum Gasteiger partial charge on any atom is -0.473 e. The Hall–Kier alpha value is 0.990. The van der Waals surface area contributed by atoms with Crippen molar-refractivity contribution in [2.45, 2.75) is 33.7 Å². The standard InChI is InChI=1S/C11H17Cl3INO3/c1-6(4-18-5-17-3)8(15)9-7(2)19-10(16-9)11(12,13)14/h6-9H,4-5H2,1-3H3/t6-,7+,8-,9-/m0/s1. The number of hydrogen-bond acceptors (Lipinski definition) is 4. The third-order valence-electron chi connectivity index (χ3n) is 2.74. The largest absolute Gasteiger partial charge is 0.473 e. The van der Waals surface area contributed by atoms with E-state index in [4.69, 9.17) is 49.0 Å². The molecule has 4 nitrogen and oxygen atoms in total. The summed E-state index contributed by atoms with van der Waals surface area (Å²) in [6.07, 6.45) is -0.114. The summed E-state index contributed by atoms with van der Waals surface area (Å²) in [5.74, 6) is 0.451. The lowest BCUT2D eigenvalue weighted by atomic mass is 10.00. The first-order valence-electron chi connectivity index (χ1n) is 5.79. The Morgan fingerprint density at radius 1 is 1.47 bits per heavy atom. The van der Waals surface area contributed by atoms with Gasteiger partial charge in [-0.1, -0.05) is 64.3 Å². The van der Waals surface area contributed by atoms with Crippen molar-refractivity contribution in [3.05, 3.63) is 0 Å². The number of halogens is 4. The van der Waals surface area contributed by atoms with E-state index in [1.807, 2.05) is 6.92 Å². The van der Waals surface area contributed by atoms with E-state index in [-0.39, 0.29) is 34.7 Å². The molecule has 1 aliphatic rings. The van der Waals surface area contributed by atoms with Crippen LogP contribution in [0.4, 0.5) is 0 Å². The lowest BCUT2D eigenvalue weighted by Crippen LogP contribution is -2.34. The predicted octanol–water partition coefficient (Wildman–Crippen LogP) is 3.60. The van der Waals surface area contributed by atoms with E-state index in [1.54, 1.807) is 7.11 Å². The fourth-order valence-electron chi connectivity index (χ4n) is 1.73. The first kappa shape index (κ1) is 18.0. The average Bonchev–Trinajstić information content (AvgIpc) is 2.70. The van der Waals surface area contributed by atoms with Gasteiger partial charge in [-0.25, -0.2) is 4.99 Å². The van der Waals surface area contributed by atoms with E-state index in [2.05, 4.69) is 34.5 Å². The van der Waals surface area contributed by atoms with Crippen LogP contribution in [0.2, 0.25) is 0 Å². The molecule has 0 aromatic carbocycles. The van der Waals surface area contributed by atoms with Crippen LogP contribution >= 0.6 is 57.4 Å². The van der Waals surface area contributed by atoms with Gasteiger partial charge in [-0.2, -0.15) is 0 Å². The molecule has 4 atom stereocenters. The second-order valence-electron chi connectivity index (χ2n) is 4.44. The Kier molecular flexibility index (Phi) is 7.45. The minimum atomic E-state index is -1.60. The highest BCUT2D eigenvalue weighted by atomic mass is 127. The zero-order chi connectivity index (χ0) is 14.6. The number of methoxy groups -OCH3 is 1. The molecule has 8 heteroatoms. The molecule has 112 valence electrons. The topological polar surface area (TPSA) is 40.0 Å². The van der Waals surface area contributed by atoms with Gasteiger partial charge in [0.05, 0.1) is 6.61 Å². The van der Waals surface area contributed by atoms with E-state index < -0.39 is 3.79 Å². The molecule has 0 saturated heterocycles. The Labute approximate surface area is 142 Å². The van der Waals surface area contributed by atoms with Gasteiger partial charge in [-0.15, -0.1) is 0 Å². The van der Waals surface area contributed by atoms with E-state index >= 15 is 0 Å². The van der Waals surface area contributed by atoms with Crippen molar-refractivity contribution in [2.75, 3.05) is 20.5 Å². The zero-order valence-corrected chi connectivity index (χ0v) is 15.3. The van der Waals surface area contributed by atoms with Crippen LogP contribution in [0.3, 0.4) is 0 Å². The maximum Gasteiger partial charge on any atom is 0.266 e. The Bertz CT molecular complexity index is 325. The number of rotatable bonds is 6. The minimum absolute atomic E-state index is 0.0487. The fraction of sp³-hybridized carbons (Fsp3) is 0.909. The maximum atomic E-state index is 5.79. The second kappa shape index (κ2) is 7.84. The van der Waals surface area contributed by atoms with Crippen molar-refractivity contribution in [2.24, 2.45) is 10.9 Å². The SMILES string of the molecule is COCOC[C@H](C)[C@H](I)[C@H]1N=C(C(Cl)(Cl)Cl)O[C@@H]1C. The third-order valence-corrected chi connectivity index (χ3v) is 5.19. The molecule has 0 N–H and O–H groups in total. The van der Waals surface area contributed by atoms with Gasteiger partial charge in [-0.3, -0.25) is 0 Å². The summed E-state index contributed by atoms with van der Waals surface area (Å²) in [6, 6.07) is -0.0487. The molecule has 0 aromatic rings. The predicted molar refractivity (Wildman–Crippen MR) is 86.9 cm³/mol. The van der Waals surface area contributed by atoms with Crippen molar-refractivity contribution < 1.29 is 14.2 Å². The van der Waals surface area contributed by atoms with Gasteiger partial charge in [-0.05, 0) is 12.8 Å². The quantitative estimate of drug-likeness (QED) is 0.272. The summed E-state index contributed by atoms with van der Waals surface area (Å²) in [7, 11) is 1.59. The molecule has 0 aromatic heterocycles. The number of ether oxygens (including phenoxy) is 3. The average molecular weight is 445 g/mol. The summed E-state index contributed by atoms with van der Waals surface area (Å²) in [5.41, 5.74) is 0. The lowest BCUT2D eigenvalue weighted by molar-refractivity contribution is -0.0421.